The molecular weight excluding hydrogens is 364 g/mol. The largest absolute Gasteiger partial charge is 0.490 e. The molecule has 0 saturated heterocycles. The molecule has 0 unspecified atom stereocenters. The van der Waals surface area contributed by atoms with Gasteiger partial charge in [-0.3, -0.25) is 10.1 Å². The van der Waals surface area contributed by atoms with Gasteiger partial charge < -0.3 is 18.6 Å². The third kappa shape index (κ3) is 5.92. The number of rotatable bonds is 9. The molecule has 1 aromatic carbocycles. The lowest BCUT2D eigenvalue weighted by Crippen LogP contribution is -2.15. The van der Waals surface area contributed by atoms with E-state index in [1.807, 2.05) is 6.07 Å². The lowest BCUT2D eigenvalue weighted by molar-refractivity contribution is -0.145. The van der Waals surface area contributed by atoms with Crippen LogP contribution in [0.25, 0.3) is 6.08 Å². The Morgan fingerprint density at radius 2 is 2.00 bits per heavy atom. The standard InChI is InChI=1S/C20H20N2O6/c1-3-25-17-11-14(7-8-16(17)28-13-19(23)26-4-2)10-15(12-21)20(24)22-18-6-5-9-27-18/h5-11H,3-4,13H2,1-2H3,(H,22,24)/b15-10+. The summed E-state index contributed by atoms with van der Waals surface area (Å²) in [5.41, 5.74) is 0.442. The van der Waals surface area contributed by atoms with Gasteiger partial charge in [-0.15, -0.1) is 0 Å². The molecule has 1 amide bonds. The quantitative estimate of drug-likeness (QED) is 0.401. The fourth-order valence-corrected chi connectivity index (χ4v) is 2.19. The van der Waals surface area contributed by atoms with E-state index >= 15 is 0 Å². The summed E-state index contributed by atoms with van der Waals surface area (Å²) >= 11 is 0. The summed E-state index contributed by atoms with van der Waals surface area (Å²) in [5.74, 6) is -0.118. The molecule has 28 heavy (non-hydrogen) atoms. The monoisotopic (exact) mass is 384 g/mol. The van der Waals surface area contributed by atoms with Crippen molar-refractivity contribution >= 4 is 23.8 Å². The molecule has 0 saturated carbocycles. The van der Waals surface area contributed by atoms with Gasteiger partial charge in [0.15, 0.2) is 24.0 Å². The number of anilines is 1. The number of carbonyl (C=O) groups is 2. The van der Waals surface area contributed by atoms with E-state index in [0.717, 1.165) is 0 Å². The smallest absolute Gasteiger partial charge is 0.344 e. The van der Waals surface area contributed by atoms with Crippen molar-refractivity contribution < 1.29 is 28.2 Å². The van der Waals surface area contributed by atoms with E-state index < -0.39 is 11.9 Å². The molecule has 2 rings (SSSR count). The Morgan fingerprint density at radius 3 is 2.64 bits per heavy atom. The number of benzene rings is 1. The Kier molecular flexibility index (Phi) is 7.66. The van der Waals surface area contributed by atoms with Crippen LogP contribution in [0.5, 0.6) is 11.5 Å². The fourth-order valence-electron chi connectivity index (χ4n) is 2.19. The first-order valence-corrected chi connectivity index (χ1v) is 8.59. The molecule has 1 heterocycles. The summed E-state index contributed by atoms with van der Waals surface area (Å²) < 4.78 is 20.8. The molecule has 0 atom stereocenters. The number of nitrogens with zero attached hydrogens (tertiary/aromatic N) is 1. The summed E-state index contributed by atoms with van der Waals surface area (Å²) in [5, 5.41) is 11.8. The van der Waals surface area contributed by atoms with Crippen molar-refractivity contribution in [3.63, 3.8) is 0 Å². The van der Waals surface area contributed by atoms with E-state index in [-0.39, 0.29) is 24.7 Å². The number of nitrogens with one attached hydrogen (secondary N) is 1. The lowest BCUT2D eigenvalue weighted by atomic mass is 10.1. The summed E-state index contributed by atoms with van der Waals surface area (Å²) in [7, 11) is 0. The number of nitriles is 1. The molecule has 0 aliphatic heterocycles. The third-order valence-electron chi connectivity index (χ3n) is 3.35. The average Bonchev–Trinajstić information content (AvgIpc) is 3.18. The first-order valence-electron chi connectivity index (χ1n) is 8.59. The Labute approximate surface area is 162 Å². The van der Waals surface area contributed by atoms with Gasteiger partial charge in [-0.05, 0) is 43.7 Å². The summed E-state index contributed by atoms with van der Waals surface area (Å²) in [6.07, 6.45) is 2.82. The van der Waals surface area contributed by atoms with Crippen molar-refractivity contribution in [1.29, 1.82) is 5.26 Å². The van der Waals surface area contributed by atoms with Gasteiger partial charge in [0.2, 0.25) is 0 Å². The minimum absolute atomic E-state index is 0.112. The minimum Gasteiger partial charge on any atom is -0.490 e. The second kappa shape index (κ2) is 10.4. The van der Waals surface area contributed by atoms with Gasteiger partial charge in [0.05, 0.1) is 19.5 Å². The molecule has 1 N–H and O–H groups in total. The Hall–Kier alpha value is -3.73. The van der Waals surface area contributed by atoms with Crippen LogP contribution in [0.3, 0.4) is 0 Å². The molecule has 146 valence electrons. The number of carbonyl (C=O) groups excluding carboxylic acids is 2. The van der Waals surface area contributed by atoms with Gasteiger partial charge in [-0.1, -0.05) is 6.07 Å². The van der Waals surface area contributed by atoms with Crippen molar-refractivity contribution in [2.24, 2.45) is 0 Å². The van der Waals surface area contributed by atoms with E-state index in [1.165, 1.54) is 12.3 Å². The van der Waals surface area contributed by atoms with Crippen LogP contribution in [0, 0.1) is 11.3 Å². The van der Waals surface area contributed by atoms with Crippen molar-refractivity contribution in [2.75, 3.05) is 25.1 Å². The van der Waals surface area contributed by atoms with E-state index in [2.05, 4.69) is 5.32 Å². The maximum absolute atomic E-state index is 12.2. The molecule has 8 nitrogen and oxygen atoms in total. The van der Waals surface area contributed by atoms with E-state index in [9.17, 15) is 14.9 Å². The van der Waals surface area contributed by atoms with Gasteiger partial charge >= 0.3 is 5.97 Å². The molecule has 0 fully saturated rings. The van der Waals surface area contributed by atoms with Gasteiger partial charge in [-0.25, -0.2) is 4.79 Å². The Bertz CT molecular complexity index is 881. The summed E-state index contributed by atoms with van der Waals surface area (Å²) in [6.45, 7) is 3.89. The molecule has 8 heteroatoms. The Morgan fingerprint density at radius 1 is 1.18 bits per heavy atom. The van der Waals surface area contributed by atoms with Gasteiger partial charge in [0.1, 0.15) is 11.6 Å². The highest BCUT2D eigenvalue weighted by atomic mass is 16.6. The highest BCUT2D eigenvalue weighted by Gasteiger charge is 2.13. The van der Waals surface area contributed by atoms with Crippen molar-refractivity contribution in [1.82, 2.24) is 0 Å². The molecular formula is C20H20N2O6. The van der Waals surface area contributed by atoms with Crippen LogP contribution in [0.15, 0.2) is 46.6 Å². The first kappa shape index (κ1) is 20.6. The van der Waals surface area contributed by atoms with Gasteiger partial charge in [0, 0.05) is 6.07 Å². The summed E-state index contributed by atoms with van der Waals surface area (Å²) in [4.78, 5) is 23.6. The third-order valence-corrected chi connectivity index (χ3v) is 3.35. The van der Waals surface area contributed by atoms with E-state index in [4.69, 9.17) is 18.6 Å². The SMILES string of the molecule is CCOC(=O)COc1ccc(/C=C(\C#N)C(=O)Nc2ccco2)cc1OCC. The van der Waals surface area contributed by atoms with Crippen LogP contribution in [0.2, 0.25) is 0 Å². The number of amides is 1. The van der Waals surface area contributed by atoms with Crippen LogP contribution in [0.1, 0.15) is 19.4 Å². The van der Waals surface area contributed by atoms with Crippen LogP contribution < -0.4 is 14.8 Å². The zero-order valence-corrected chi connectivity index (χ0v) is 15.6. The van der Waals surface area contributed by atoms with Crippen LogP contribution in [0.4, 0.5) is 5.88 Å². The number of hydrogen-bond donors (Lipinski definition) is 1. The molecule has 0 radical (unpaired) electrons. The Balaban J connectivity index is 2.18. The topological polar surface area (TPSA) is 111 Å². The fraction of sp³-hybridized carbons (Fsp3) is 0.250. The average molecular weight is 384 g/mol. The zero-order valence-electron chi connectivity index (χ0n) is 15.6. The normalized spacial score (nSPS) is 10.7. The van der Waals surface area contributed by atoms with Crippen molar-refractivity contribution in [3.05, 3.63) is 47.7 Å². The lowest BCUT2D eigenvalue weighted by Gasteiger charge is -2.12. The van der Waals surface area contributed by atoms with E-state index in [1.54, 1.807) is 44.2 Å². The molecule has 0 spiro atoms. The predicted octanol–water partition coefficient (Wildman–Crippen LogP) is 3.17. The zero-order chi connectivity index (χ0) is 20.4. The maximum Gasteiger partial charge on any atom is 0.344 e. The van der Waals surface area contributed by atoms with Crippen LogP contribution >= 0.6 is 0 Å². The molecule has 0 bridgehead atoms. The van der Waals surface area contributed by atoms with E-state index in [0.29, 0.717) is 23.7 Å². The predicted molar refractivity (Wildman–Crippen MR) is 101 cm³/mol. The second-order valence-electron chi connectivity index (χ2n) is 5.33. The minimum atomic E-state index is -0.599. The molecule has 2 aromatic rings. The molecule has 0 aliphatic carbocycles. The van der Waals surface area contributed by atoms with Crippen LogP contribution in [-0.2, 0) is 14.3 Å². The van der Waals surface area contributed by atoms with Crippen molar-refractivity contribution in [2.45, 2.75) is 13.8 Å². The number of esters is 1. The number of ether oxygens (including phenoxy) is 3. The highest BCUT2D eigenvalue weighted by molar-refractivity contribution is 6.09. The van der Waals surface area contributed by atoms with Crippen molar-refractivity contribution in [3.8, 4) is 17.6 Å². The second-order valence-corrected chi connectivity index (χ2v) is 5.33. The summed E-state index contributed by atoms with van der Waals surface area (Å²) in [6, 6.07) is 9.89. The van der Waals surface area contributed by atoms with Crippen LogP contribution in [-0.4, -0.2) is 31.7 Å². The van der Waals surface area contributed by atoms with Gasteiger partial charge in [0.25, 0.3) is 5.91 Å². The van der Waals surface area contributed by atoms with Gasteiger partial charge in [-0.2, -0.15) is 5.26 Å². The molecule has 1 aromatic heterocycles. The highest BCUT2D eigenvalue weighted by Crippen LogP contribution is 2.29. The number of furan rings is 1. The number of hydrogen-bond acceptors (Lipinski definition) is 7. The maximum atomic E-state index is 12.2. The first-order chi connectivity index (χ1) is 13.6. The molecule has 0 aliphatic rings.